The van der Waals surface area contributed by atoms with E-state index in [-0.39, 0.29) is 99.3 Å². The van der Waals surface area contributed by atoms with Crippen LogP contribution in [-0.2, 0) is 128 Å². The molecule has 36 nitrogen and oxygen atoms in total. The SMILES string of the molecule is CC(CC(CC(CC(CC(CC(CC(CC(CC(CC(CC(CCc1ccc(S(=O)(=O)O)cc1)c1ccc(S(=O)(=O)O)cc1)c1ccc(S(=O)(=O)O)cc1)c1ccc(S(=O)(=O)O)cc1)c1ccc(S(=O)(=O)O)cc1)c1ccc(S(=O)(=O)O)cc1)c1ccc(S(=O)(=O)O)cc1)c1ccc(S(=O)(=O)O)cc1)c1ccc(S(=O)(=O)O)cc1)c1ccc(S(=O)(=O)O)cc1)c1ccc(S(=O)(=O)O)cc1)c1ccc(S(=O)(=O)O)cc1. The summed E-state index contributed by atoms with van der Waals surface area (Å²) in [5.74, 6) is -10.2. The fraction of sp³-hybridized carbons (Fsp3) is 0.250. The molecule has 0 amide bonds. The van der Waals surface area contributed by atoms with E-state index in [2.05, 4.69) is 0 Å². The topological polar surface area (TPSA) is 652 Å². The maximum absolute atomic E-state index is 13.2. The van der Waals surface area contributed by atoms with Gasteiger partial charge in [-0.1, -0.05) is 153 Å². The smallest absolute Gasteiger partial charge is 0.282 e. The van der Waals surface area contributed by atoms with Crippen LogP contribution in [0.5, 0.6) is 0 Å². The van der Waals surface area contributed by atoms with E-state index in [9.17, 15) is 156 Å². The van der Waals surface area contributed by atoms with Gasteiger partial charge in [0.1, 0.15) is 0 Å². The molecule has 11 atom stereocenters. The quantitative estimate of drug-likeness (QED) is 0.0158. The van der Waals surface area contributed by atoms with Gasteiger partial charge in [-0.15, -0.1) is 0 Å². The van der Waals surface area contributed by atoms with Gasteiger partial charge in [-0.05, 0) is 355 Å². The second-order valence-electron chi connectivity index (χ2n) is 35.4. The van der Waals surface area contributed by atoms with Crippen LogP contribution in [-0.4, -0.2) is 156 Å². The first-order valence-corrected chi connectivity index (χ1v) is 61.0. The van der Waals surface area contributed by atoms with E-state index in [1.165, 1.54) is 146 Å². The van der Waals surface area contributed by atoms with Crippen LogP contribution in [0.25, 0.3) is 0 Å². The average Bonchev–Trinajstić information content (AvgIpc) is 0.626. The summed E-state index contributed by atoms with van der Waals surface area (Å²) in [6, 6.07) is 59.8. The van der Waals surface area contributed by atoms with E-state index in [0.29, 0.717) is 44.5 Å². The van der Waals surface area contributed by atoms with Crippen molar-refractivity contribution in [3.8, 4) is 0 Å². The zero-order valence-electron chi connectivity index (χ0n) is 75.6. The van der Waals surface area contributed by atoms with Gasteiger partial charge in [0.25, 0.3) is 121 Å². The normalized spacial score (nSPS) is 15.4. The van der Waals surface area contributed by atoms with Crippen LogP contribution >= 0.6 is 0 Å². The Hall–Kier alpha value is -10.4. The minimum atomic E-state index is -5.04. The maximum atomic E-state index is 13.2. The zero-order chi connectivity index (χ0) is 106. The van der Waals surface area contributed by atoms with Crippen molar-refractivity contribution in [2.75, 3.05) is 0 Å². The van der Waals surface area contributed by atoms with E-state index in [0.717, 1.165) is 146 Å². The van der Waals surface area contributed by atoms with Gasteiger partial charge >= 0.3 is 0 Å². The van der Waals surface area contributed by atoms with Gasteiger partial charge < -0.3 is 0 Å². The van der Waals surface area contributed by atoms with Gasteiger partial charge in [0.2, 0.25) is 0 Å². The summed E-state index contributed by atoms with van der Waals surface area (Å²) in [5.41, 5.74) is 4.22. The number of benzene rings is 12. The van der Waals surface area contributed by atoms with Gasteiger partial charge in [-0.25, -0.2) is 0 Å². The molecule has 0 radical (unpaired) electrons. The molecule has 0 saturated heterocycles. The van der Waals surface area contributed by atoms with Crippen molar-refractivity contribution >= 4 is 121 Å². The number of hydrogen-bond acceptors (Lipinski definition) is 24. The van der Waals surface area contributed by atoms with E-state index in [1.807, 2.05) is 0 Å². The summed E-state index contributed by atoms with van der Waals surface area (Å²) in [7, 11) is -59.0. The van der Waals surface area contributed by atoms with Crippen LogP contribution in [0.15, 0.2) is 350 Å². The molecule has 12 aromatic rings. The standard InChI is InChI=1S/C96H98O36S12/c1-62(64-6-30-86(31-7-64)134(100,101)102)52-76(66-10-34-88(35-11-66)136(106,107)108)54-78(68-14-38-90(39-15-68)138(112,113)114)56-80(70-18-42-92(43-19-70)140(118,119)120)58-82(72-22-46-94(47-23-72)142(124,125)126)60-84(74-26-50-96(51-27-74)144(130,131)132)61-83(73-24-48-95(49-25-73)143(127,128)129)59-81(71-20-44-93(45-21-71)141(121,122)123)57-79(69-16-40-91(41-17-69)139(115,116)117)55-77(67-12-36-89(37-13-67)137(109,110)111)53-75(65-8-32-87(33-9-65)135(103,104)105)5-2-63-3-28-85(29-4-63)133(97,98)99/h3-4,6-51,62,75-84H,2,5,52-61H2,1H3,(H,97,98,99)(H,100,101,102)(H,103,104,105)(H,106,107,108)(H,109,110,111)(H,112,113,114)(H,115,116,117)(H,118,119,120)(H,121,122,123)(H,124,125,126)(H,127,128,129)(H,130,131,132). The molecule has 770 valence electrons. The van der Waals surface area contributed by atoms with Crippen molar-refractivity contribution < 1.29 is 156 Å². The highest BCUT2D eigenvalue weighted by Crippen LogP contribution is 2.52. The Morgan fingerprint density at radius 3 is 0.382 bits per heavy atom. The molecule has 0 aliphatic heterocycles. The lowest BCUT2D eigenvalue weighted by molar-refractivity contribution is 0.365. The van der Waals surface area contributed by atoms with Gasteiger partial charge in [0.05, 0.1) is 58.7 Å². The van der Waals surface area contributed by atoms with E-state index in [4.69, 9.17) is 0 Å². The lowest BCUT2D eigenvalue weighted by Crippen LogP contribution is -2.19. The second kappa shape index (κ2) is 44.7. The fourth-order valence-electron chi connectivity index (χ4n) is 18.6. The van der Waals surface area contributed by atoms with E-state index < -0.39 is 245 Å². The summed E-state index contributed by atoms with van der Waals surface area (Å²) in [5, 5.41) is 0. The summed E-state index contributed by atoms with van der Waals surface area (Å²) in [4.78, 5) is -6.79. The highest BCUT2D eigenvalue weighted by Gasteiger charge is 2.37. The first-order chi connectivity index (χ1) is 66.8. The predicted molar refractivity (Wildman–Crippen MR) is 525 cm³/mol. The van der Waals surface area contributed by atoms with Crippen LogP contribution in [0.4, 0.5) is 0 Å². The Morgan fingerprint density at radius 2 is 0.250 bits per heavy atom. The van der Waals surface area contributed by atoms with E-state index in [1.54, 1.807) is 6.92 Å². The van der Waals surface area contributed by atoms with Crippen molar-refractivity contribution in [1.29, 1.82) is 0 Å². The van der Waals surface area contributed by atoms with Gasteiger partial charge in [-0.3, -0.25) is 54.6 Å². The second-order valence-corrected chi connectivity index (χ2v) is 52.4. The summed E-state index contributed by atoms with van der Waals surface area (Å²) in [6.07, 6.45) is -0.984. The van der Waals surface area contributed by atoms with Gasteiger partial charge in [0, 0.05) is 0 Å². The molecule has 12 aromatic carbocycles. The van der Waals surface area contributed by atoms with Crippen molar-refractivity contribution in [3.63, 3.8) is 0 Å². The Kier molecular flexibility index (Phi) is 34.9. The van der Waals surface area contributed by atoms with Crippen LogP contribution < -0.4 is 0 Å². The van der Waals surface area contributed by atoms with E-state index >= 15 is 0 Å². The molecule has 0 saturated carbocycles. The highest BCUT2D eigenvalue weighted by molar-refractivity contribution is 7.88. The van der Waals surface area contributed by atoms with Crippen LogP contribution in [0.2, 0.25) is 0 Å². The van der Waals surface area contributed by atoms with Crippen molar-refractivity contribution in [2.24, 2.45) is 0 Å². The van der Waals surface area contributed by atoms with Crippen LogP contribution in [0.3, 0.4) is 0 Å². The minimum absolute atomic E-state index is 0.0216. The van der Waals surface area contributed by atoms with Crippen molar-refractivity contribution in [1.82, 2.24) is 0 Å². The first kappa shape index (κ1) is 112. The largest absolute Gasteiger partial charge is 0.294 e. The molecule has 0 bridgehead atoms. The summed E-state index contributed by atoms with van der Waals surface area (Å²) >= 11 is 0. The number of hydrogen-bond donors (Lipinski definition) is 12. The molecule has 0 heterocycles. The molecule has 0 aliphatic rings. The van der Waals surface area contributed by atoms with Crippen molar-refractivity contribution in [3.05, 3.63) is 358 Å². The minimum Gasteiger partial charge on any atom is -0.282 e. The molecule has 48 heteroatoms. The third kappa shape index (κ3) is 30.6. The lowest BCUT2D eigenvalue weighted by Gasteiger charge is -2.35. The Balaban J connectivity index is 1.07. The number of rotatable bonds is 46. The molecular weight excluding hydrogens is 2110 g/mol. The molecule has 0 aliphatic carbocycles. The third-order valence-corrected chi connectivity index (χ3v) is 36.4. The Labute approximate surface area is 835 Å². The average molecular weight is 2210 g/mol. The molecule has 11 unspecified atom stereocenters. The molecular formula is C96H98O36S12. The number of aryl methyl sites for hydroxylation is 1. The fourth-order valence-corrected chi connectivity index (χ4v) is 24.4. The van der Waals surface area contributed by atoms with Gasteiger partial charge in [-0.2, -0.15) is 101 Å². The highest BCUT2D eigenvalue weighted by atomic mass is 32.3. The zero-order valence-corrected chi connectivity index (χ0v) is 85.4. The molecule has 144 heavy (non-hydrogen) atoms. The van der Waals surface area contributed by atoms with Crippen LogP contribution in [0.1, 0.15) is 209 Å². The maximum Gasteiger partial charge on any atom is 0.294 e. The van der Waals surface area contributed by atoms with Crippen LogP contribution in [0, 0.1) is 0 Å². The molecule has 0 aromatic heterocycles. The van der Waals surface area contributed by atoms with Crippen molar-refractivity contribution in [2.45, 2.75) is 208 Å². The monoisotopic (exact) mass is 2210 g/mol. The van der Waals surface area contributed by atoms with Gasteiger partial charge in [0.15, 0.2) is 0 Å². The molecule has 0 spiro atoms. The summed E-state index contributed by atoms with van der Waals surface area (Å²) < 4.78 is 433. The Bertz CT molecular complexity index is 8060. The Morgan fingerprint density at radius 1 is 0.146 bits per heavy atom. The lowest BCUT2D eigenvalue weighted by atomic mass is 9.70. The summed E-state index contributed by atoms with van der Waals surface area (Å²) in [6.45, 7) is 1.77. The third-order valence-electron chi connectivity index (χ3n) is 26.0. The molecule has 0 fully saturated rings. The predicted octanol–water partition coefficient (Wildman–Crippen LogP) is 17.1. The molecule has 12 rings (SSSR count). The molecule has 12 N–H and O–H groups in total. The first-order valence-electron chi connectivity index (χ1n) is 43.7.